The lowest BCUT2D eigenvalue weighted by atomic mass is 10.1. The summed E-state index contributed by atoms with van der Waals surface area (Å²) >= 11 is 12.0. The van der Waals surface area contributed by atoms with Gasteiger partial charge in [0.25, 0.3) is 5.91 Å². The number of amides is 1. The number of carbonyl (C=O) groups is 1. The van der Waals surface area contributed by atoms with Crippen molar-refractivity contribution in [3.05, 3.63) is 64.3 Å². The van der Waals surface area contributed by atoms with Crippen molar-refractivity contribution in [1.29, 1.82) is 0 Å². The van der Waals surface area contributed by atoms with Crippen molar-refractivity contribution in [2.45, 2.75) is 0 Å². The zero-order valence-corrected chi connectivity index (χ0v) is 15.1. The number of aromatic nitrogens is 4. The molecule has 0 radical (unpaired) electrons. The highest BCUT2D eigenvalue weighted by atomic mass is 35.5. The number of fused-ring (bicyclic) bond motifs is 1. The molecule has 0 bridgehead atoms. The summed E-state index contributed by atoms with van der Waals surface area (Å²) < 4.78 is 1.82. The molecule has 2 heterocycles. The number of rotatable bonds is 3. The Morgan fingerprint density at radius 1 is 1.12 bits per heavy atom. The molecular weight excluding hydrogens is 373 g/mol. The second-order valence-electron chi connectivity index (χ2n) is 5.73. The minimum absolute atomic E-state index is 0.318. The van der Waals surface area contributed by atoms with Gasteiger partial charge in [-0.1, -0.05) is 41.4 Å². The number of aromatic amines is 1. The second-order valence-corrected chi connectivity index (χ2v) is 6.55. The Hall–Kier alpha value is -2.83. The number of nitrogens with zero attached hydrogens (tertiary/aromatic N) is 3. The Kier molecular flexibility index (Phi) is 4.14. The van der Waals surface area contributed by atoms with Gasteiger partial charge in [-0.3, -0.25) is 15.2 Å². The number of para-hydroxylation sites is 2. The maximum atomic E-state index is 12.5. The van der Waals surface area contributed by atoms with E-state index in [9.17, 15) is 4.79 Å². The van der Waals surface area contributed by atoms with Crippen molar-refractivity contribution in [2.24, 2.45) is 7.05 Å². The summed E-state index contributed by atoms with van der Waals surface area (Å²) in [5.74, 6) is 0.129. The lowest BCUT2D eigenvalue weighted by molar-refractivity contribution is 0.102. The Morgan fingerprint density at radius 2 is 1.92 bits per heavy atom. The molecule has 6 nitrogen and oxygen atoms in total. The Morgan fingerprint density at radius 3 is 2.69 bits per heavy atom. The van der Waals surface area contributed by atoms with Crippen molar-refractivity contribution in [1.82, 2.24) is 19.7 Å². The van der Waals surface area contributed by atoms with Crippen LogP contribution in [0.1, 0.15) is 10.5 Å². The zero-order chi connectivity index (χ0) is 18.3. The third-order valence-electron chi connectivity index (χ3n) is 4.05. The number of halogens is 2. The van der Waals surface area contributed by atoms with Gasteiger partial charge in [0.05, 0.1) is 26.8 Å². The molecule has 0 unspecified atom stereocenters. The average molecular weight is 386 g/mol. The lowest BCUT2D eigenvalue weighted by Crippen LogP contribution is -2.15. The van der Waals surface area contributed by atoms with E-state index in [1.165, 1.54) is 0 Å². The van der Waals surface area contributed by atoms with E-state index >= 15 is 0 Å². The quantitative estimate of drug-likeness (QED) is 0.544. The van der Waals surface area contributed by atoms with Crippen LogP contribution in [0.3, 0.4) is 0 Å². The first kappa shape index (κ1) is 16.6. The van der Waals surface area contributed by atoms with Gasteiger partial charge in [-0.2, -0.15) is 5.10 Å². The predicted octanol–water partition coefficient (Wildman–Crippen LogP) is 4.52. The Bertz CT molecular complexity index is 1130. The summed E-state index contributed by atoms with van der Waals surface area (Å²) in [5.41, 5.74) is 3.42. The van der Waals surface area contributed by atoms with Gasteiger partial charge < -0.3 is 4.57 Å². The van der Waals surface area contributed by atoms with E-state index in [4.69, 9.17) is 23.2 Å². The normalized spacial score (nSPS) is 11.0. The van der Waals surface area contributed by atoms with E-state index in [0.29, 0.717) is 27.4 Å². The molecule has 130 valence electrons. The van der Waals surface area contributed by atoms with Crippen LogP contribution in [0.25, 0.3) is 22.3 Å². The smallest absolute Gasteiger partial charge is 0.275 e. The number of hydrogen-bond donors (Lipinski definition) is 2. The number of anilines is 1. The molecule has 0 spiro atoms. The topological polar surface area (TPSA) is 75.6 Å². The van der Waals surface area contributed by atoms with Crippen molar-refractivity contribution in [3.63, 3.8) is 0 Å². The number of hydrogen-bond acceptors (Lipinski definition) is 3. The first-order valence-corrected chi connectivity index (χ1v) is 8.52. The molecule has 2 N–H and O–H groups in total. The number of benzene rings is 2. The number of carbonyl (C=O) groups excluding carboxylic acids is 1. The van der Waals surface area contributed by atoms with Crippen LogP contribution in [0.4, 0.5) is 5.95 Å². The van der Waals surface area contributed by atoms with Gasteiger partial charge in [0.2, 0.25) is 5.95 Å². The number of aryl methyl sites for hydroxylation is 1. The fourth-order valence-corrected chi connectivity index (χ4v) is 2.97. The van der Waals surface area contributed by atoms with Crippen LogP contribution in [0.2, 0.25) is 10.0 Å². The molecule has 0 aliphatic heterocycles. The number of nitrogens with one attached hydrogen (secondary N) is 2. The minimum atomic E-state index is -0.331. The molecule has 4 rings (SSSR count). The van der Waals surface area contributed by atoms with Crippen LogP contribution in [0.5, 0.6) is 0 Å². The molecule has 0 aliphatic carbocycles. The van der Waals surface area contributed by atoms with Crippen molar-refractivity contribution >= 4 is 46.1 Å². The first-order chi connectivity index (χ1) is 12.5. The zero-order valence-electron chi connectivity index (χ0n) is 13.6. The van der Waals surface area contributed by atoms with Gasteiger partial charge in [-0.05, 0) is 30.3 Å². The van der Waals surface area contributed by atoms with Crippen LogP contribution in [-0.4, -0.2) is 25.7 Å². The Balaban J connectivity index is 1.59. The molecule has 0 aliphatic rings. The summed E-state index contributed by atoms with van der Waals surface area (Å²) in [6.45, 7) is 0. The van der Waals surface area contributed by atoms with Gasteiger partial charge in [0.15, 0.2) is 0 Å². The molecule has 0 atom stereocenters. The predicted molar refractivity (Wildman–Crippen MR) is 103 cm³/mol. The third kappa shape index (κ3) is 2.94. The molecule has 0 saturated heterocycles. The summed E-state index contributed by atoms with van der Waals surface area (Å²) in [5, 5.41) is 10.6. The summed E-state index contributed by atoms with van der Waals surface area (Å²) in [6, 6.07) is 14.5. The van der Waals surface area contributed by atoms with Crippen LogP contribution in [-0.2, 0) is 7.05 Å². The molecule has 4 aromatic rings. The van der Waals surface area contributed by atoms with Crippen LogP contribution in [0.15, 0.2) is 48.5 Å². The monoisotopic (exact) mass is 385 g/mol. The maximum Gasteiger partial charge on any atom is 0.275 e. The molecule has 0 fully saturated rings. The van der Waals surface area contributed by atoms with E-state index in [-0.39, 0.29) is 5.91 Å². The largest absolute Gasteiger partial charge is 0.313 e. The van der Waals surface area contributed by atoms with Crippen LogP contribution in [0, 0.1) is 0 Å². The minimum Gasteiger partial charge on any atom is -0.313 e. The fraction of sp³-hybridized carbons (Fsp3) is 0.0556. The Labute approximate surface area is 158 Å². The van der Waals surface area contributed by atoms with E-state index < -0.39 is 0 Å². The molecular formula is C18H13Cl2N5O. The van der Waals surface area contributed by atoms with Gasteiger partial charge in [0, 0.05) is 12.6 Å². The standard InChI is InChI=1S/C18H13Cl2N5O/c1-25-16-5-3-2-4-13(16)21-18(25)22-17(26)15-9-14(23-24-15)10-6-7-11(19)12(20)8-10/h2-9H,1H3,(H,23,24)(H,21,22,26). The van der Waals surface area contributed by atoms with Crippen molar-refractivity contribution in [3.8, 4) is 11.3 Å². The van der Waals surface area contributed by atoms with E-state index in [1.54, 1.807) is 24.3 Å². The van der Waals surface area contributed by atoms with Gasteiger partial charge in [-0.15, -0.1) is 0 Å². The van der Waals surface area contributed by atoms with E-state index in [0.717, 1.165) is 16.6 Å². The molecule has 2 aromatic carbocycles. The molecule has 0 saturated carbocycles. The second kappa shape index (κ2) is 6.48. The third-order valence-corrected chi connectivity index (χ3v) is 4.79. The molecule has 1 amide bonds. The lowest BCUT2D eigenvalue weighted by Gasteiger charge is -2.03. The van der Waals surface area contributed by atoms with Gasteiger partial charge in [0.1, 0.15) is 5.69 Å². The molecule has 2 aromatic heterocycles. The maximum absolute atomic E-state index is 12.5. The number of imidazole rings is 1. The summed E-state index contributed by atoms with van der Waals surface area (Å²) in [6.07, 6.45) is 0. The van der Waals surface area contributed by atoms with Gasteiger partial charge in [-0.25, -0.2) is 4.98 Å². The fourth-order valence-electron chi connectivity index (χ4n) is 2.67. The summed E-state index contributed by atoms with van der Waals surface area (Å²) in [7, 11) is 1.85. The van der Waals surface area contributed by atoms with E-state index in [1.807, 2.05) is 35.9 Å². The number of H-pyrrole nitrogens is 1. The van der Waals surface area contributed by atoms with Crippen LogP contribution < -0.4 is 5.32 Å². The highest BCUT2D eigenvalue weighted by Gasteiger charge is 2.15. The van der Waals surface area contributed by atoms with Gasteiger partial charge >= 0.3 is 0 Å². The van der Waals surface area contributed by atoms with E-state index in [2.05, 4.69) is 20.5 Å². The average Bonchev–Trinajstić information content (AvgIpc) is 3.24. The van der Waals surface area contributed by atoms with Crippen LogP contribution >= 0.6 is 23.2 Å². The molecule has 26 heavy (non-hydrogen) atoms. The van der Waals surface area contributed by atoms with Crippen molar-refractivity contribution in [2.75, 3.05) is 5.32 Å². The van der Waals surface area contributed by atoms with Crippen molar-refractivity contribution < 1.29 is 4.79 Å². The SMILES string of the molecule is Cn1c(NC(=O)c2cc(-c3ccc(Cl)c(Cl)c3)n[nH]2)nc2ccccc21. The first-order valence-electron chi connectivity index (χ1n) is 7.76. The molecule has 8 heteroatoms. The highest BCUT2D eigenvalue weighted by molar-refractivity contribution is 6.42. The highest BCUT2D eigenvalue weighted by Crippen LogP contribution is 2.28. The summed E-state index contributed by atoms with van der Waals surface area (Å²) in [4.78, 5) is 17.0.